The van der Waals surface area contributed by atoms with Crippen molar-refractivity contribution in [3.05, 3.63) is 89.7 Å². The van der Waals surface area contributed by atoms with Crippen LogP contribution in [-0.2, 0) is 9.59 Å². The zero-order valence-electron chi connectivity index (χ0n) is 18.2. The van der Waals surface area contributed by atoms with Crippen molar-refractivity contribution >= 4 is 28.8 Å². The van der Waals surface area contributed by atoms with Gasteiger partial charge in [-0.2, -0.15) is 0 Å². The van der Waals surface area contributed by atoms with Crippen LogP contribution in [0.2, 0.25) is 0 Å². The number of rotatable bonds is 2. The molecular formula is C27H25N3O2. The van der Waals surface area contributed by atoms with Crippen molar-refractivity contribution in [2.24, 2.45) is 10.9 Å². The molecule has 2 heterocycles. The van der Waals surface area contributed by atoms with E-state index >= 15 is 0 Å². The third kappa shape index (κ3) is 3.54. The van der Waals surface area contributed by atoms with E-state index < -0.39 is 12.0 Å². The van der Waals surface area contributed by atoms with Crippen LogP contribution in [0.5, 0.6) is 0 Å². The fourth-order valence-electron chi connectivity index (χ4n) is 5.03. The normalized spacial score (nSPS) is 22.4. The Morgan fingerprint density at radius 3 is 2.47 bits per heavy atom. The van der Waals surface area contributed by atoms with Crippen molar-refractivity contribution in [2.75, 3.05) is 4.90 Å². The summed E-state index contributed by atoms with van der Waals surface area (Å²) in [6.45, 7) is 3.61. The van der Waals surface area contributed by atoms with Gasteiger partial charge in [-0.05, 0) is 48.6 Å². The number of pyridine rings is 1. The number of benzene rings is 2. The average molecular weight is 424 g/mol. The van der Waals surface area contributed by atoms with Crippen molar-refractivity contribution < 1.29 is 9.59 Å². The number of ketones is 1. The molecule has 0 bridgehead atoms. The number of hydrogen-bond donors (Lipinski definition) is 0. The Morgan fingerprint density at radius 2 is 1.75 bits per heavy atom. The molecule has 0 radical (unpaired) electrons. The Bertz CT molecular complexity index is 1200. The molecule has 1 unspecified atom stereocenters. The lowest BCUT2D eigenvalue weighted by Crippen LogP contribution is -2.45. The van der Waals surface area contributed by atoms with E-state index in [-0.39, 0.29) is 17.6 Å². The number of carbonyl (C=O) groups excluding carboxylic acids is 2. The minimum Gasteiger partial charge on any atom is -0.302 e. The van der Waals surface area contributed by atoms with Crippen molar-refractivity contribution in [1.82, 2.24) is 4.98 Å². The fourth-order valence-corrected chi connectivity index (χ4v) is 5.03. The minimum atomic E-state index is -0.489. The fraction of sp³-hybridized carbons (Fsp3) is 0.259. The van der Waals surface area contributed by atoms with E-state index in [0.29, 0.717) is 12.8 Å². The van der Waals surface area contributed by atoms with E-state index in [1.807, 2.05) is 36.4 Å². The SMILES string of the molecule is CC(=O)N1c2ccccc2N=C2C[C@H](c3ccc(C)cc3)CC(=O)C2[C@H]1c1cccnc1. The van der Waals surface area contributed by atoms with Crippen molar-refractivity contribution in [3.63, 3.8) is 0 Å². The highest BCUT2D eigenvalue weighted by Gasteiger charge is 2.45. The van der Waals surface area contributed by atoms with Gasteiger partial charge in [0, 0.05) is 31.4 Å². The second-order valence-electron chi connectivity index (χ2n) is 8.67. The number of anilines is 1. The van der Waals surface area contributed by atoms with E-state index in [1.54, 1.807) is 24.2 Å². The lowest BCUT2D eigenvalue weighted by molar-refractivity contribution is -0.123. The first-order valence-electron chi connectivity index (χ1n) is 11.0. The molecule has 1 saturated carbocycles. The molecule has 5 rings (SSSR count). The molecule has 5 heteroatoms. The van der Waals surface area contributed by atoms with Crippen LogP contribution in [0.1, 0.15) is 48.4 Å². The molecule has 2 aliphatic rings. The Balaban J connectivity index is 1.66. The first-order chi connectivity index (χ1) is 15.5. The number of hydrogen-bond acceptors (Lipinski definition) is 4. The lowest BCUT2D eigenvalue weighted by atomic mass is 9.72. The van der Waals surface area contributed by atoms with Crippen LogP contribution < -0.4 is 4.90 Å². The maximum atomic E-state index is 13.7. The molecule has 3 aromatic rings. The lowest BCUT2D eigenvalue weighted by Gasteiger charge is -2.38. The van der Waals surface area contributed by atoms with Gasteiger partial charge in [0.1, 0.15) is 5.78 Å². The monoisotopic (exact) mass is 423 g/mol. The Kier molecular flexibility index (Phi) is 5.17. The summed E-state index contributed by atoms with van der Waals surface area (Å²) in [7, 11) is 0. The van der Waals surface area contributed by atoms with Crippen LogP contribution in [0.25, 0.3) is 0 Å². The Morgan fingerprint density at radius 1 is 0.969 bits per heavy atom. The van der Waals surface area contributed by atoms with Crippen LogP contribution >= 0.6 is 0 Å². The summed E-state index contributed by atoms with van der Waals surface area (Å²) in [5.74, 6) is -0.398. The van der Waals surface area contributed by atoms with Gasteiger partial charge in [0.15, 0.2) is 0 Å². The molecule has 1 aromatic heterocycles. The van der Waals surface area contributed by atoms with Gasteiger partial charge in [-0.1, -0.05) is 48.0 Å². The summed E-state index contributed by atoms with van der Waals surface area (Å²) in [4.78, 5) is 37.6. The van der Waals surface area contributed by atoms with Crippen LogP contribution in [-0.4, -0.2) is 22.4 Å². The van der Waals surface area contributed by atoms with Crippen molar-refractivity contribution in [3.8, 4) is 0 Å². The smallest absolute Gasteiger partial charge is 0.224 e. The molecule has 1 aliphatic heterocycles. The standard InChI is InChI=1S/C27H25N3O2/c1-17-9-11-19(12-10-17)21-14-23-26(25(32)15-21)27(20-6-5-13-28-16-20)30(18(2)31)24-8-4-3-7-22(24)29-23/h3-13,16,21,26-27H,14-15H2,1-2H3/t21-,26?,27+/m0/s1. The summed E-state index contributed by atoms with van der Waals surface area (Å²) >= 11 is 0. The molecule has 0 saturated heterocycles. The van der Waals surface area contributed by atoms with E-state index in [2.05, 4.69) is 36.2 Å². The number of para-hydroxylation sites is 2. The van der Waals surface area contributed by atoms with Gasteiger partial charge in [0.2, 0.25) is 5.91 Å². The topological polar surface area (TPSA) is 62.6 Å². The minimum absolute atomic E-state index is 0.0867. The molecule has 1 fully saturated rings. The number of fused-ring (bicyclic) bond motifs is 2. The Hall–Kier alpha value is -3.60. The third-order valence-electron chi connectivity index (χ3n) is 6.52. The van der Waals surface area contributed by atoms with Gasteiger partial charge in [0.25, 0.3) is 0 Å². The van der Waals surface area contributed by atoms with Crippen LogP contribution in [0.3, 0.4) is 0 Å². The Labute approximate surface area is 187 Å². The van der Waals surface area contributed by atoms with Crippen molar-refractivity contribution in [1.29, 1.82) is 0 Å². The third-order valence-corrected chi connectivity index (χ3v) is 6.52. The van der Waals surface area contributed by atoms with E-state index in [9.17, 15) is 9.59 Å². The number of amides is 1. The van der Waals surface area contributed by atoms with Gasteiger partial charge in [-0.25, -0.2) is 0 Å². The first kappa shape index (κ1) is 20.3. The second kappa shape index (κ2) is 8.15. The van der Waals surface area contributed by atoms with E-state index in [0.717, 1.165) is 28.2 Å². The summed E-state index contributed by atoms with van der Waals surface area (Å²) in [6, 6.07) is 19.4. The zero-order valence-corrected chi connectivity index (χ0v) is 18.2. The summed E-state index contributed by atoms with van der Waals surface area (Å²) < 4.78 is 0. The average Bonchev–Trinajstić information content (AvgIpc) is 2.94. The molecule has 3 atom stereocenters. The number of Topliss-reactive ketones (excluding diaryl/α,β-unsaturated/α-hetero) is 1. The molecule has 1 amide bonds. The first-order valence-corrected chi connectivity index (χ1v) is 11.0. The highest BCUT2D eigenvalue weighted by atomic mass is 16.2. The van der Waals surface area contributed by atoms with Gasteiger partial charge in [-0.3, -0.25) is 19.6 Å². The number of nitrogens with zero attached hydrogens (tertiary/aromatic N) is 3. The van der Waals surface area contributed by atoms with Gasteiger partial charge >= 0.3 is 0 Å². The molecule has 0 spiro atoms. The molecule has 0 N–H and O–H groups in total. The molecule has 160 valence electrons. The molecule has 32 heavy (non-hydrogen) atoms. The van der Waals surface area contributed by atoms with Crippen molar-refractivity contribution in [2.45, 2.75) is 38.6 Å². The van der Waals surface area contributed by atoms with Crippen LogP contribution in [0.4, 0.5) is 11.4 Å². The number of carbonyl (C=O) groups is 2. The van der Waals surface area contributed by atoms with E-state index in [1.165, 1.54) is 5.56 Å². The number of aryl methyl sites for hydroxylation is 1. The van der Waals surface area contributed by atoms with Gasteiger partial charge in [0.05, 0.1) is 23.3 Å². The summed E-state index contributed by atoms with van der Waals surface area (Å²) in [5.41, 5.74) is 5.50. The molecule has 2 aromatic carbocycles. The largest absolute Gasteiger partial charge is 0.302 e. The quantitative estimate of drug-likeness (QED) is 0.559. The molecule has 5 nitrogen and oxygen atoms in total. The highest BCUT2D eigenvalue weighted by Crippen LogP contribution is 2.47. The van der Waals surface area contributed by atoms with E-state index in [4.69, 9.17) is 4.99 Å². The maximum Gasteiger partial charge on any atom is 0.224 e. The van der Waals surface area contributed by atoms with Gasteiger partial charge < -0.3 is 4.90 Å². The molecular weight excluding hydrogens is 398 g/mol. The van der Waals surface area contributed by atoms with Gasteiger partial charge in [-0.15, -0.1) is 0 Å². The highest BCUT2D eigenvalue weighted by molar-refractivity contribution is 6.13. The zero-order chi connectivity index (χ0) is 22.2. The summed E-state index contributed by atoms with van der Waals surface area (Å²) in [5, 5.41) is 0. The molecule has 1 aliphatic carbocycles. The maximum absolute atomic E-state index is 13.7. The second-order valence-corrected chi connectivity index (χ2v) is 8.67. The van der Waals surface area contributed by atoms with Crippen LogP contribution in [0.15, 0.2) is 78.0 Å². The summed E-state index contributed by atoms with van der Waals surface area (Å²) in [6.07, 6.45) is 4.59. The number of aromatic nitrogens is 1. The predicted molar refractivity (Wildman–Crippen MR) is 125 cm³/mol. The number of aliphatic imine (C=N–C) groups is 1. The van der Waals surface area contributed by atoms with Crippen LogP contribution in [0, 0.1) is 12.8 Å². The predicted octanol–water partition coefficient (Wildman–Crippen LogP) is 5.33.